The highest BCUT2D eigenvalue weighted by molar-refractivity contribution is 7.21. The summed E-state index contributed by atoms with van der Waals surface area (Å²) in [6.45, 7) is 3.43. The maximum absolute atomic E-state index is 12.9. The lowest BCUT2D eigenvalue weighted by molar-refractivity contribution is 0.102. The van der Waals surface area contributed by atoms with Crippen LogP contribution in [0.1, 0.15) is 22.2 Å². The summed E-state index contributed by atoms with van der Waals surface area (Å²) in [5, 5.41) is 0.974. The van der Waals surface area contributed by atoms with Gasteiger partial charge in [-0.25, -0.2) is 4.39 Å². The summed E-state index contributed by atoms with van der Waals surface area (Å²) in [7, 11) is 0. The average Bonchev–Trinajstić information content (AvgIpc) is 2.43. The van der Waals surface area contributed by atoms with E-state index < -0.39 is 0 Å². The lowest BCUT2D eigenvalue weighted by Gasteiger charge is -1.92. The maximum Gasteiger partial charge on any atom is 0.170 e. The number of ketones is 1. The van der Waals surface area contributed by atoms with E-state index in [0.29, 0.717) is 0 Å². The van der Waals surface area contributed by atoms with Gasteiger partial charge in [0.1, 0.15) is 5.82 Å². The second kappa shape index (κ2) is 3.17. The minimum absolute atomic E-state index is 0.0455. The molecule has 14 heavy (non-hydrogen) atoms. The van der Waals surface area contributed by atoms with Gasteiger partial charge in [-0.05, 0) is 36.9 Å². The van der Waals surface area contributed by atoms with E-state index >= 15 is 0 Å². The minimum atomic E-state index is -0.256. The molecule has 0 N–H and O–H groups in total. The summed E-state index contributed by atoms with van der Waals surface area (Å²) in [4.78, 5) is 12.0. The normalized spacial score (nSPS) is 10.8. The molecular weight excluding hydrogens is 199 g/mol. The SMILES string of the molecule is CC(=O)c1sc2cc(F)ccc2c1C. The third kappa shape index (κ3) is 1.34. The Kier molecular flexibility index (Phi) is 2.11. The van der Waals surface area contributed by atoms with E-state index in [1.54, 1.807) is 6.07 Å². The van der Waals surface area contributed by atoms with E-state index in [1.165, 1.54) is 30.4 Å². The first kappa shape index (κ1) is 9.34. The molecule has 2 rings (SSSR count). The van der Waals surface area contributed by atoms with Crippen LogP contribution < -0.4 is 0 Å². The third-order valence-corrected chi connectivity index (χ3v) is 3.58. The summed E-state index contributed by atoms with van der Waals surface area (Å²) >= 11 is 1.36. The molecule has 1 aromatic carbocycles. The number of fused-ring (bicyclic) bond motifs is 1. The minimum Gasteiger partial charge on any atom is -0.294 e. The predicted octanol–water partition coefficient (Wildman–Crippen LogP) is 3.55. The van der Waals surface area contributed by atoms with Gasteiger partial charge in [0.2, 0.25) is 0 Å². The zero-order chi connectivity index (χ0) is 10.3. The summed E-state index contributed by atoms with van der Waals surface area (Å²) in [5.74, 6) is -0.210. The van der Waals surface area contributed by atoms with E-state index in [-0.39, 0.29) is 11.6 Å². The van der Waals surface area contributed by atoms with Crippen molar-refractivity contribution in [1.82, 2.24) is 0 Å². The number of hydrogen-bond acceptors (Lipinski definition) is 2. The van der Waals surface area contributed by atoms with Crippen LogP contribution >= 0.6 is 11.3 Å². The lowest BCUT2D eigenvalue weighted by Crippen LogP contribution is -1.88. The molecule has 0 atom stereocenters. The molecule has 0 aliphatic rings. The number of aryl methyl sites for hydroxylation is 1. The molecule has 72 valence electrons. The zero-order valence-corrected chi connectivity index (χ0v) is 8.74. The molecule has 0 saturated heterocycles. The van der Waals surface area contributed by atoms with Gasteiger partial charge in [0.05, 0.1) is 4.88 Å². The van der Waals surface area contributed by atoms with Crippen molar-refractivity contribution < 1.29 is 9.18 Å². The first-order valence-corrected chi connectivity index (χ1v) is 5.11. The van der Waals surface area contributed by atoms with Gasteiger partial charge in [-0.15, -0.1) is 11.3 Å². The fourth-order valence-electron chi connectivity index (χ4n) is 1.54. The number of thiophene rings is 1. The predicted molar refractivity (Wildman–Crippen MR) is 56.5 cm³/mol. The fourth-order valence-corrected chi connectivity index (χ4v) is 2.66. The van der Waals surface area contributed by atoms with Gasteiger partial charge in [-0.1, -0.05) is 6.07 Å². The first-order chi connectivity index (χ1) is 6.59. The molecule has 0 fully saturated rings. The van der Waals surface area contributed by atoms with Gasteiger partial charge in [0.25, 0.3) is 0 Å². The van der Waals surface area contributed by atoms with E-state index in [0.717, 1.165) is 20.5 Å². The van der Waals surface area contributed by atoms with Gasteiger partial charge >= 0.3 is 0 Å². The van der Waals surface area contributed by atoms with Gasteiger partial charge in [-0.2, -0.15) is 0 Å². The Morgan fingerprint density at radius 3 is 2.79 bits per heavy atom. The molecule has 1 nitrogen and oxygen atoms in total. The van der Waals surface area contributed by atoms with Crippen LogP contribution in [-0.4, -0.2) is 5.78 Å². The standard InChI is InChI=1S/C11H9FOS/c1-6-9-4-3-8(12)5-10(9)14-11(6)7(2)13/h3-5H,1-2H3. The molecule has 0 amide bonds. The molecule has 1 aromatic heterocycles. The largest absolute Gasteiger partial charge is 0.294 e. The van der Waals surface area contributed by atoms with Crippen molar-refractivity contribution in [2.45, 2.75) is 13.8 Å². The molecule has 0 bridgehead atoms. The lowest BCUT2D eigenvalue weighted by atomic mass is 10.1. The molecule has 1 heterocycles. The molecule has 0 radical (unpaired) electrons. The van der Waals surface area contributed by atoms with Crippen molar-refractivity contribution >= 4 is 27.2 Å². The van der Waals surface area contributed by atoms with Crippen molar-refractivity contribution in [3.8, 4) is 0 Å². The third-order valence-electron chi connectivity index (χ3n) is 2.22. The fraction of sp³-hybridized carbons (Fsp3) is 0.182. The van der Waals surface area contributed by atoms with Crippen molar-refractivity contribution in [2.24, 2.45) is 0 Å². The highest BCUT2D eigenvalue weighted by Crippen LogP contribution is 2.31. The summed E-state index contributed by atoms with van der Waals surface area (Å²) in [5.41, 5.74) is 0.956. The Bertz CT molecular complexity index is 513. The van der Waals surface area contributed by atoms with Crippen molar-refractivity contribution in [2.75, 3.05) is 0 Å². The van der Waals surface area contributed by atoms with Gasteiger partial charge in [-0.3, -0.25) is 4.79 Å². The van der Waals surface area contributed by atoms with Crippen LogP contribution in [0.4, 0.5) is 4.39 Å². The summed E-state index contributed by atoms with van der Waals surface area (Å²) in [6.07, 6.45) is 0. The van der Waals surface area contributed by atoms with Crippen LogP contribution in [0.2, 0.25) is 0 Å². The molecule has 0 aliphatic heterocycles. The number of rotatable bonds is 1. The van der Waals surface area contributed by atoms with Gasteiger partial charge in [0, 0.05) is 4.70 Å². The van der Waals surface area contributed by atoms with Crippen LogP contribution in [-0.2, 0) is 0 Å². The molecular formula is C11H9FOS. The Hall–Kier alpha value is -1.22. The molecule has 0 aliphatic carbocycles. The number of carbonyl (C=O) groups excluding carboxylic acids is 1. The van der Waals surface area contributed by atoms with Crippen molar-refractivity contribution in [3.05, 3.63) is 34.5 Å². The van der Waals surface area contributed by atoms with Crippen molar-refractivity contribution in [1.29, 1.82) is 0 Å². The second-order valence-corrected chi connectivity index (χ2v) is 4.31. The van der Waals surface area contributed by atoms with Crippen LogP contribution in [0.15, 0.2) is 18.2 Å². The number of halogens is 1. The smallest absolute Gasteiger partial charge is 0.170 e. The highest BCUT2D eigenvalue weighted by atomic mass is 32.1. The van der Waals surface area contributed by atoms with E-state index in [9.17, 15) is 9.18 Å². The Labute approximate surface area is 85.2 Å². The molecule has 0 spiro atoms. The average molecular weight is 208 g/mol. The second-order valence-electron chi connectivity index (χ2n) is 3.25. The highest BCUT2D eigenvalue weighted by Gasteiger charge is 2.11. The van der Waals surface area contributed by atoms with Gasteiger partial charge in [0.15, 0.2) is 5.78 Å². The number of benzene rings is 1. The Morgan fingerprint density at radius 1 is 1.43 bits per heavy atom. The van der Waals surface area contributed by atoms with Crippen LogP contribution in [0.3, 0.4) is 0 Å². The number of hydrogen-bond donors (Lipinski definition) is 0. The molecule has 2 aromatic rings. The Balaban J connectivity index is 2.79. The number of carbonyl (C=O) groups is 1. The van der Waals surface area contributed by atoms with Crippen LogP contribution in [0.25, 0.3) is 10.1 Å². The maximum atomic E-state index is 12.9. The van der Waals surface area contributed by atoms with Gasteiger partial charge < -0.3 is 0 Å². The summed E-state index contributed by atoms with van der Waals surface area (Å²) in [6, 6.07) is 4.62. The van der Waals surface area contributed by atoms with Crippen LogP contribution in [0, 0.1) is 12.7 Å². The Morgan fingerprint density at radius 2 is 2.14 bits per heavy atom. The quantitative estimate of drug-likeness (QED) is 0.655. The van der Waals surface area contributed by atoms with E-state index in [1.807, 2.05) is 6.92 Å². The zero-order valence-electron chi connectivity index (χ0n) is 7.93. The van der Waals surface area contributed by atoms with Crippen molar-refractivity contribution in [3.63, 3.8) is 0 Å². The summed E-state index contributed by atoms with van der Waals surface area (Å²) < 4.78 is 13.7. The monoisotopic (exact) mass is 208 g/mol. The molecule has 0 saturated carbocycles. The molecule has 0 unspecified atom stereocenters. The van der Waals surface area contributed by atoms with Crippen LogP contribution in [0.5, 0.6) is 0 Å². The first-order valence-electron chi connectivity index (χ1n) is 4.29. The topological polar surface area (TPSA) is 17.1 Å². The van der Waals surface area contributed by atoms with E-state index in [2.05, 4.69) is 0 Å². The molecule has 3 heteroatoms. The number of Topliss-reactive ketones (excluding diaryl/α,β-unsaturated/α-hetero) is 1. The van der Waals surface area contributed by atoms with E-state index in [4.69, 9.17) is 0 Å².